The minimum absolute atomic E-state index is 0.131. The molecule has 1 aromatic carbocycles. The molecule has 2 rings (SSSR count). The van der Waals surface area contributed by atoms with E-state index in [1.165, 1.54) is 7.11 Å². The lowest BCUT2D eigenvalue weighted by Crippen LogP contribution is -2.45. The molecule has 1 N–H and O–H groups in total. The maximum Gasteiger partial charge on any atom is 0.258 e. The zero-order valence-electron chi connectivity index (χ0n) is 12.5. The number of methoxy groups -OCH3 is 2. The number of nitrogens with zero attached hydrogens (tertiary/aromatic N) is 1. The Morgan fingerprint density at radius 1 is 1.29 bits per heavy atom. The maximum atomic E-state index is 12.7. The molecule has 1 heterocycles. The fraction of sp³-hybridized carbons (Fsp3) is 0.467. The van der Waals surface area contributed by atoms with Crippen molar-refractivity contribution in [1.29, 1.82) is 0 Å². The van der Waals surface area contributed by atoms with Gasteiger partial charge < -0.3 is 19.7 Å². The van der Waals surface area contributed by atoms with E-state index in [2.05, 4.69) is 5.32 Å². The van der Waals surface area contributed by atoms with Crippen LogP contribution in [-0.4, -0.2) is 50.6 Å². The van der Waals surface area contributed by atoms with Crippen molar-refractivity contribution in [2.45, 2.75) is 18.9 Å². The van der Waals surface area contributed by atoms with E-state index in [1.807, 2.05) is 0 Å². The number of benzene rings is 1. The van der Waals surface area contributed by atoms with Crippen molar-refractivity contribution >= 4 is 11.8 Å². The lowest BCUT2D eigenvalue weighted by Gasteiger charge is -2.24. The van der Waals surface area contributed by atoms with Gasteiger partial charge in [0.25, 0.3) is 5.91 Å². The van der Waals surface area contributed by atoms with Crippen LogP contribution in [0.15, 0.2) is 18.2 Å². The number of hydrogen-bond acceptors (Lipinski definition) is 4. The molecule has 1 aromatic rings. The van der Waals surface area contributed by atoms with Crippen LogP contribution >= 0.6 is 0 Å². The summed E-state index contributed by atoms with van der Waals surface area (Å²) in [5, 5.41) is 2.61. The quantitative estimate of drug-likeness (QED) is 0.901. The standard InChI is InChI=1S/C15H20N2O4/c1-16-14(18)12-5-4-8-17(12)15(19)11-7-6-10(20-2)9-13(11)21-3/h6-7,9,12H,4-5,8H2,1-3H3,(H,16,18)/t12-/m1/s1. The summed E-state index contributed by atoms with van der Waals surface area (Å²) in [5.74, 6) is 0.739. The first-order valence-electron chi connectivity index (χ1n) is 6.87. The van der Waals surface area contributed by atoms with Crippen LogP contribution in [0.3, 0.4) is 0 Å². The second kappa shape index (κ2) is 6.47. The van der Waals surface area contributed by atoms with E-state index in [4.69, 9.17) is 9.47 Å². The summed E-state index contributed by atoms with van der Waals surface area (Å²) in [4.78, 5) is 26.1. The lowest BCUT2D eigenvalue weighted by atomic mass is 10.1. The number of carbonyl (C=O) groups is 2. The number of carbonyl (C=O) groups excluding carboxylic acids is 2. The van der Waals surface area contributed by atoms with Crippen molar-refractivity contribution in [3.8, 4) is 11.5 Å². The van der Waals surface area contributed by atoms with Gasteiger partial charge in [-0.15, -0.1) is 0 Å². The summed E-state index contributed by atoms with van der Waals surface area (Å²) in [5.41, 5.74) is 0.439. The van der Waals surface area contributed by atoms with Gasteiger partial charge in [0.15, 0.2) is 0 Å². The number of likely N-dealkylation sites (N-methyl/N-ethyl adjacent to an activating group) is 1. The number of likely N-dealkylation sites (tertiary alicyclic amines) is 1. The third-order valence-corrected chi connectivity index (χ3v) is 3.70. The molecule has 0 spiro atoms. The predicted molar refractivity (Wildman–Crippen MR) is 77.7 cm³/mol. The second-order valence-electron chi connectivity index (χ2n) is 4.84. The Balaban J connectivity index is 2.29. The van der Waals surface area contributed by atoms with Crippen LogP contribution < -0.4 is 14.8 Å². The third kappa shape index (κ3) is 2.94. The molecule has 114 valence electrons. The highest BCUT2D eigenvalue weighted by atomic mass is 16.5. The van der Waals surface area contributed by atoms with Crippen LogP contribution in [0.2, 0.25) is 0 Å². The Bertz CT molecular complexity index is 544. The fourth-order valence-corrected chi connectivity index (χ4v) is 2.58. The van der Waals surface area contributed by atoms with Gasteiger partial charge in [0.2, 0.25) is 5.91 Å². The van der Waals surface area contributed by atoms with E-state index in [0.717, 1.165) is 6.42 Å². The summed E-state index contributed by atoms with van der Waals surface area (Å²) < 4.78 is 10.4. The summed E-state index contributed by atoms with van der Waals surface area (Å²) in [7, 11) is 4.64. The zero-order chi connectivity index (χ0) is 15.4. The average Bonchev–Trinajstić information content (AvgIpc) is 3.02. The number of nitrogens with one attached hydrogen (secondary N) is 1. The van der Waals surface area contributed by atoms with E-state index in [-0.39, 0.29) is 11.8 Å². The van der Waals surface area contributed by atoms with Crippen molar-refractivity contribution in [3.05, 3.63) is 23.8 Å². The topological polar surface area (TPSA) is 67.9 Å². The van der Waals surface area contributed by atoms with Crippen LogP contribution in [0.1, 0.15) is 23.2 Å². The molecular formula is C15H20N2O4. The SMILES string of the molecule is CNC(=O)[C@H]1CCCN1C(=O)c1ccc(OC)cc1OC. The van der Waals surface area contributed by atoms with Gasteiger partial charge in [0, 0.05) is 19.7 Å². The molecule has 0 bridgehead atoms. The van der Waals surface area contributed by atoms with Crippen LogP contribution in [0.4, 0.5) is 0 Å². The lowest BCUT2D eigenvalue weighted by molar-refractivity contribution is -0.124. The minimum Gasteiger partial charge on any atom is -0.497 e. The normalized spacial score (nSPS) is 17.5. The molecular weight excluding hydrogens is 272 g/mol. The molecule has 0 radical (unpaired) electrons. The van der Waals surface area contributed by atoms with E-state index >= 15 is 0 Å². The third-order valence-electron chi connectivity index (χ3n) is 3.70. The molecule has 0 saturated carbocycles. The number of amides is 2. The maximum absolute atomic E-state index is 12.7. The second-order valence-corrected chi connectivity index (χ2v) is 4.84. The number of rotatable bonds is 4. The van der Waals surface area contributed by atoms with Crippen molar-refractivity contribution < 1.29 is 19.1 Å². The van der Waals surface area contributed by atoms with Crippen molar-refractivity contribution in [3.63, 3.8) is 0 Å². The Morgan fingerprint density at radius 2 is 2.05 bits per heavy atom. The molecule has 6 heteroatoms. The van der Waals surface area contributed by atoms with Crippen LogP contribution in [0.25, 0.3) is 0 Å². The average molecular weight is 292 g/mol. The first kappa shape index (κ1) is 15.2. The Labute approximate surface area is 124 Å². The minimum atomic E-state index is -0.408. The Kier molecular flexibility index (Phi) is 4.67. The van der Waals surface area contributed by atoms with Gasteiger partial charge in [0.05, 0.1) is 19.8 Å². The number of ether oxygens (including phenoxy) is 2. The van der Waals surface area contributed by atoms with Crippen LogP contribution in [-0.2, 0) is 4.79 Å². The van der Waals surface area contributed by atoms with E-state index in [0.29, 0.717) is 30.0 Å². The predicted octanol–water partition coefficient (Wildman–Crippen LogP) is 1.05. The van der Waals surface area contributed by atoms with Crippen molar-refractivity contribution in [1.82, 2.24) is 10.2 Å². The van der Waals surface area contributed by atoms with Gasteiger partial charge in [-0.1, -0.05) is 0 Å². The highest BCUT2D eigenvalue weighted by Gasteiger charge is 2.35. The van der Waals surface area contributed by atoms with Gasteiger partial charge in [-0.05, 0) is 25.0 Å². The molecule has 6 nitrogen and oxygen atoms in total. The van der Waals surface area contributed by atoms with Gasteiger partial charge in [-0.3, -0.25) is 9.59 Å². The van der Waals surface area contributed by atoms with Crippen molar-refractivity contribution in [2.75, 3.05) is 27.8 Å². The van der Waals surface area contributed by atoms with Crippen LogP contribution in [0.5, 0.6) is 11.5 Å². The van der Waals surface area contributed by atoms with E-state index in [9.17, 15) is 9.59 Å². The summed E-state index contributed by atoms with van der Waals surface area (Å²) >= 11 is 0. The number of hydrogen-bond donors (Lipinski definition) is 1. The fourth-order valence-electron chi connectivity index (χ4n) is 2.58. The first-order valence-corrected chi connectivity index (χ1v) is 6.87. The molecule has 0 unspecified atom stereocenters. The van der Waals surface area contributed by atoms with Gasteiger partial charge in [0.1, 0.15) is 17.5 Å². The molecule has 0 aromatic heterocycles. The highest BCUT2D eigenvalue weighted by molar-refractivity contribution is 6.00. The largest absolute Gasteiger partial charge is 0.497 e. The first-order chi connectivity index (χ1) is 10.1. The highest BCUT2D eigenvalue weighted by Crippen LogP contribution is 2.28. The molecule has 21 heavy (non-hydrogen) atoms. The van der Waals surface area contributed by atoms with Crippen LogP contribution in [0, 0.1) is 0 Å². The summed E-state index contributed by atoms with van der Waals surface area (Å²) in [6, 6.07) is 4.63. The monoisotopic (exact) mass is 292 g/mol. The van der Waals surface area contributed by atoms with E-state index in [1.54, 1.807) is 37.3 Å². The van der Waals surface area contributed by atoms with Crippen molar-refractivity contribution in [2.24, 2.45) is 0 Å². The molecule has 0 aliphatic carbocycles. The molecule has 1 aliphatic heterocycles. The van der Waals surface area contributed by atoms with Gasteiger partial charge in [-0.2, -0.15) is 0 Å². The summed E-state index contributed by atoms with van der Waals surface area (Å²) in [6.45, 7) is 0.575. The Morgan fingerprint density at radius 3 is 2.67 bits per heavy atom. The smallest absolute Gasteiger partial charge is 0.258 e. The molecule has 1 fully saturated rings. The Hall–Kier alpha value is -2.24. The molecule has 1 atom stereocenters. The summed E-state index contributed by atoms with van der Waals surface area (Å²) in [6.07, 6.45) is 1.51. The van der Waals surface area contributed by atoms with Gasteiger partial charge >= 0.3 is 0 Å². The molecule has 2 amide bonds. The zero-order valence-corrected chi connectivity index (χ0v) is 12.5. The molecule has 1 aliphatic rings. The van der Waals surface area contributed by atoms with Gasteiger partial charge in [-0.25, -0.2) is 0 Å². The molecule has 1 saturated heterocycles. The van der Waals surface area contributed by atoms with E-state index < -0.39 is 6.04 Å².